The van der Waals surface area contributed by atoms with Crippen molar-refractivity contribution < 1.29 is 18.7 Å². The van der Waals surface area contributed by atoms with Crippen LogP contribution in [0.5, 0.6) is 5.75 Å². The molecule has 0 spiro atoms. The van der Waals surface area contributed by atoms with Crippen LogP contribution in [0.4, 0.5) is 4.39 Å². The van der Waals surface area contributed by atoms with Gasteiger partial charge in [-0.25, -0.2) is 4.39 Å². The minimum absolute atomic E-state index is 0.0445. The first kappa shape index (κ1) is 23.4. The van der Waals surface area contributed by atoms with Crippen molar-refractivity contribution >= 4 is 11.8 Å². The molecule has 5 nitrogen and oxygen atoms in total. The number of nitrogens with zero attached hydrogens (tertiary/aromatic N) is 1. The minimum atomic E-state index is -0.700. The maximum absolute atomic E-state index is 13.3. The molecule has 0 radical (unpaired) electrons. The maximum atomic E-state index is 13.3. The number of carbonyl (C=O) groups is 2. The van der Waals surface area contributed by atoms with Gasteiger partial charge in [0.2, 0.25) is 5.91 Å². The summed E-state index contributed by atoms with van der Waals surface area (Å²) in [7, 11) is 0. The Morgan fingerprint density at radius 3 is 2.30 bits per heavy atom. The monoisotopic (exact) mass is 414 g/mol. The summed E-state index contributed by atoms with van der Waals surface area (Å²) < 4.78 is 19.1. The Morgan fingerprint density at radius 1 is 1.07 bits per heavy atom. The number of amides is 2. The average Bonchev–Trinajstić information content (AvgIpc) is 2.67. The normalized spacial score (nSPS) is 11.9. The summed E-state index contributed by atoms with van der Waals surface area (Å²) in [6.07, 6.45) is 0. The van der Waals surface area contributed by atoms with Gasteiger partial charge in [-0.05, 0) is 82.0 Å². The van der Waals surface area contributed by atoms with Gasteiger partial charge in [-0.3, -0.25) is 9.59 Å². The van der Waals surface area contributed by atoms with Crippen molar-refractivity contribution in [2.45, 2.75) is 60.2 Å². The predicted molar refractivity (Wildman–Crippen MR) is 116 cm³/mol. The molecule has 162 valence electrons. The first-order valence-electron chi connectivity index (χ1n) is 10.1. The average molecular weight is 415 g/mol. The van der Waals surface area contributed by atoms with E-state index >= 15 is 0 Å². The van der Waals surface area contributed by atoms with Crippen molar-refractivity contribution in [2.24, 2.45) is 0 Å². The zero-order valence-corrected chi connectivity index (χ0v) is 18.6. The molecule has 2 rings (SSSR count). The molecule has 6 heteroatoms. The lowest BCUT2D eigenvalue weighted by atomic mass is 10.1. The predicted octanol–water partition coefficient (Wildman–Crippen LogP) is 4.07. The van der Waals surface area contributed by atoms with Crippen LogP contribution in [0, 0.1) is 26.6 Å². The smallest absolute Gasteiger partial charge is 0.261 e. The van der Waals surface area contributed by atoms with Gasteiger partial charge >= 0.3 is 0 Å². The molecule has 0 aromatic heterocycles. The summed E-state index contributed by atoms with van der Waals surface area (Å²) in [5, 5.41) is 2.84. The molecule has 0 fully saturated rings. The summed E-state index contributed by atoms with van der Waals surface area (Å²) in [4.78, 5) is 27.1. The summed E-state index contributed by atoms with van der Waals surface area (Å²) in [5.41, 5.74) is 3.85. The highest BCUT2D eigenvalue weighted by atomic mass is 19.1. The Hall–Kier alpha value is -2.89. The van der Waals surface area contributed by atoms with Gasteiger partial charge < -0.3 is 15.0 Å². The Balaban J connectivity index is 2.20. The second-order valence-electron chi connectivity index (χ2n) is 7.98. The minimum Gasteiger partial charge on any atom is -0.483 e. The number of nitrogens with one attached hydrogen (secondary N) is 1. The van der Waals surface area contributed by atoms with Crippen LogP contribution in [0.2, 0.25) is 0 Å². The van der Waals surface area contributed by atoms with Crippen LogP contribution in [0.15, 0.2) is 36.4 Å². The van der Waals surface area contributed by atoms with Crippen LogP contribution >= 0.6 is 0 Å². The van der Waals surface area contributed by atoms with Crippen molar-refractivity contribution in [1.82, 2.24) is 10.2 Å². The van der Waals surface area contributed by atoms with E-state index in [1.165, 1.54) is 17.0 Å². The van der Waals surface area contributed by atoms with E-state index in [9.17, 15) is 14.0 Å². The molecule has 1 atom stereocenters. The molecule has 0 heterocycles. The molecule has 30 heavy (non-hydrogen) atoms. The van der Waals surface area contributed by atoms with Crippen LogP contribution in [-0.2, 0) is 16.1 Å². The standard InChI is InChI=1S/C24H31FN2O3/c1-15(2)26-24(29)19(6)27(13-20-7-9-21(25)10-8-20)23(28)14-30-22-12-16(3)11-17(4)18(22)5/h7-12,15,19H,13-14H2,1-6H3,(H,26,29)/t19-/m1/s1. The number of carbonyl (C=O) groups excluding carboxylic acids is 2. The topological polar surface area (TPSA) is 58.6 Å². The van der Waals surface area contributed by atoms with E-state index < -0.39 is 6.04 Å². The lowest BCUT2D eigenvalue weighted by Crippen LogP contribution is -2.50. The summed E-state index contributed by atoms with van der Waals surface area (Å²) in [5.74, 6) is -0.259. The molecule has 2 aromatic carbocycles. The lowest BCUT2D eigenvalue weighted by Gasteiger charge is -2.29. The van der Waals surface area contributed by atoms with Crippen LogP contribution in [0.25, 0.3) is 0 Å². The Bertz CT molecular complexity index is 894. The molecule has 0 bridgehead atoms. The largest absolute Gasteiger partial charge is 0.483 e. The van der Waals surface area contributed by atoms with Gasteiger partial charge in [0, 0.05) is 12.6 Å². The summed E-state index contributed by atoms with van der Waals surface area (Å²) in [6.45, 7) is 11.3. The molecular weight excluding hydrogens is 383 g/mol. The van der Waals surface area contributed by atoms with Gasteiger partial charge in [-0.1, -0.05) is 18.2 Å². The van der Waals surface area contributed by atoms with Crippen molar-refractivity contribution in [3.63, 3.8) is 0 Å². The molecule has 2 amide bonds. The number of rotatable bonds is 8. The second-order valence-corrected chi connectivity index (χ2v) is 7.98. The van der Waals surface area contributed by atoms with Crippen LogP contribution < -0.4 is 10.1 Å². The fourth-order valence-corrected chi connectivity index (χ4v) is 3.15. The second kappa shape index (κ2) is 10.2. The van der Waals surface area contributed by atoms with Gasteiger partial charge in [-0.15, -0.1) is 0 Å². The van der Waals surface area contributed by atoms with E-state index in [1.54, 1.807) is 19.1 Å². The molecule has 0 saturated carbocycles. The van der Waals surface area contributed by atoms with Gasteiger partial charge in [0.05, 0.1) is 0 Å². The number of ether oxygens (including phenoxy) is 1. The molecule has 0 aliphatic rings. The van der Waals surface area contributed by atoms with Crippen molar-refractivity contribution in [1.29, 1.82) is 0 Å². The van der Waals surface area contributed by atoms with Crippen LogP contribution in [-0.4, -0.2) is 35.4 Å². The number of halogens is 1. The Morgan fingerprint density at radius 2 is 1.70 bits per heavy atom. The van der Waals surface area contributed by atoms with Crippen molar-refractivity contribution in [3.05, 3.63) is 64.5 Å². The first-order valence-corrected chi connectivity index (χ1v) is 10.1. The third kappa shape index (κ3) is 6.31. The summed E-state index contributed by atoms with van der Waals surface area (Å²) >= 11 is 0. The molecule has 0 aliphatic heterocycles. The molecule has 0 saturated heterocycles. The van der Waals surface area contributed by atoms with Gasteiger partial charge in [0.15, 0.2) is 6.61 Å². The van der Waals surface area contributed by atoms with Gasteiger partial charge in [-0.2, -0.15) is 0 Å². The summed E-state index contributed by atoms with van der Waals surface area (Å²) in [6, 6.07) is 9.11. The third-order valence-electron chi connectivity index (χ3n) is 4.98. The molecule has 2 aromatic rings. The number of hydrogen-bond acceptors (Lipinski definition) is 3. The number of hydrogen-bond donors (Lipinski definition) is 1. The first-order chi connectivity index (χ1) is 14.1. The van der Waals surface area contributed by atoms with Crippen molar-refractivity contribution in [2.75, 3.05) is 6.61 Å². The molecule has 1 N–H and O–H groups in total. The van der Waals surface area contributed by atoms with Crippen molar-refractivity contribution in [3.8, 4) is 5.75 Å². The number of benzene rings is 2. The lowest BCUT2D eigenvalue weighted by molar-refractivity contribution is -0.142. The maximum Gasteiger partial charge on any atom is 0.261 e. The van der Waals surface area contributed by atoms with E-state index in [0.29, 0.717) is 5.75 Å². The van der Waals surface area contributed by atoms with Crippen LogP contribution in [0.3, 0.4) is 0 Å². The van der Waals surface area contributed by atoms with Gasteiger partial charge in [0.1, 0.15) is 17.6 Å². The molecular formula is C24H31FN2O3. The van der Waals surface area contributed by atoms with E-state index in [0.717, 1.165) is 22.3 Å². The molecule has 0 unspecified atom stereocenters. The van der Waals surface area contributed by atoms with E-state index in [1.807, 2.05) is 40.7 Å². The van der Waals surface area contributed by atoms with E-state index in [2.05, 4.69) is 11.4 Å². The van der Waals surface area contributed by atoms with Gasteiger partial charge in [0.25, 0.3) is 5.91 Å². The van der Waals surface area contributed by atoms with E-state index in [4.69, 9.17) is 4.74 Å². The third-order valence-corrected chi connectivity index (χ3v) is 4.98. The molecule has 0 aliphatic carbocycles. The fraction of sp³-hybridized carbons (Fsp3) is 0.417. The highest BCUT2D eigenvalue weighted by molar-refractivity contribution is 5.88. The highest BCUT2D eigenvalue weighted by Crippen LogP contribution is 2.23. The van der Waals surface area contributed by atoms with Crippen LogP contribution in [0.1, 0.15) is 43.0 Å². The fourth-order valence-electron chi connectivity index (χ4n) is 3.15. The SMILES string of the molecule is Cc1cc(C)c(C)c(OCC(=O)N(Cc2ccc(F)cc2)[C@H](C)C(=O)NC(C)C)c1. The Labute approximate surface area is 178 Å². The quantitative estimate of drug-likeness (QED) is 0.708. The zero-order valence-electron chi connectivity index (χ0n) is 18.6. The number of aryl methyl sites for hydroxylation is 2. The Kier molecular flexibility index (Phi) is 7.98. The zero-order chi connectivity index (χ0) is 22.4. The van der Waals surface area contributed by atoms with E-state index in [-0.39, 0.29) is 36.8 Å². The highest BCUT2D eigenvalue weighted by Gasteiger charge is 2.27.